The van der Waals surface area contributed by atoms with Crippen molar-refractivity contribution in [3.63, 3.8) is 0 Å². The summed E-state index contributed by atoms with van der Waals surface area (Å²) < 4.78 is 3.87. The number of nitrogens with one attached hydrogen (secondary N) is 1. The van der Waals surface area contributed by atoms with E-state index in [1.165, 1.54) is 22.9 Å². The normalized spacial score (nSPS) is 11.1. The third-order valence-electron chi connectivity index (χ3n) is 4.71. The molecule has 4 aromatic rings. The lowest BCUT2D eigenvalue weighted by Crippen LogP contribution is -2.24. The first-order valence-corrected chi connectivity index (χ1v) is 10.5. The van der Waals surface area contributed by atoms with Gasteiger partial charge in [0.25, 0.3) is 0 Å². The molecule has 1 N–H and O–H groups in total. The number of nitrogens with zero attached hydrogens (tertiary/aromatic N) is 4. The molecule has 6 nitrogen and oxygen atoms in total. The highest BCUT2D eigenvalue weighted by atomic mass is 35.5. The Kier molecular flexibility index (Phi) is 5.60. The van der Waals surface area contributed by atoms with E-state index in [0.29, 0.717) is 11.6 Å². The summed E-state index contributed by atoms with van der Waals surface area (Å²) in [4.78, 5) is 21.2. The van der Waals surface area contributed by atoms with E-state index in [0.717, 1.165) is 22.2 Å². The third kappa shape index (κ3) is 4.31. The van der Waals surface area contributed by atoms with Gasteiger partial charge in [0.2, 0.25) is 5.91 Å². The number of carbonyl (C=O) groups excluding carboxylic acids is 1. The van der Waals surface area contributed by atoms with Gasteiger partial charge in [-0.1, -0.05) is 35.5 Å². The Morgan fingerprint density at radius 1 is 1.21 bits per heavy atom. The van der Waals surface area contributed by atoms with Crippen LogP contribution in [-0.4, -0.2) is 30.6 Å². The summed E-state index contributed by atoms with van der Waals surface area (Å²) >= 11 is 7.40. The van der Waals surface area contributed by atoms with E-state index in [-0.39, 0.29) is 11.7 Å². The monoisotopic (exact) mass is 425 g/mol. The standard InChI is InChI=1S/C21H20ClN5OS/c1-14-4-3-5-18(15(14)2)27-9-8-23-21(27)29-13-20(28)24-10-17-12-26-11-16(22)6-7-19(26)25-17/h3-9,11-12H,10,13H2,1-2H3,(H,24,28). The molecule has 3 heterocycles. The van der Waals surface area contributed by atoms with Gasteiger partial charge in [-0.3, -0.25) is 9.36 Å². The maximum atomic E-state index is 12.3. The van der Waals surface area contributed by atoms with Crippen LogP contribution in [-0.2, 0) is 11.3 Å². The lowest BCUT2D eigenvalue weighted by atomic mass is 10.1. The van der Waals surface area contributed by atoms with E-state index in [9.17, 15) is 4.79 Å². The first kappa shape index (κ1) is 19.5. The summed E-state index contributed by atoms with van der Waals surface area (Å²) in [5, 5.41) is 4.34. The molecule has 0 bridgehead atoms. The minimum Gasteiger partial charge on any atom is -0.350 e. The molecule has 0 aliphatic heterocycles. The molecule has 0 fully saturated rings. The number of benzene rings is 1. The summed E-state index contributed by atoms with van der Waals surface area (Å²) in [5.41, 5.74) is 5.07. The molecular formula is C21H20ClN5OS. The number of fused-ring (bicyclic) bond motifs is 1. The number of thioether (sulfide) groups is 1. The Hall–Kier alpha value is -2.77. The first-order chi connectivity index (χ1) is 14.0. The fraction of sp³-hybridized carbons (Fsp3) is 0.190. The highest BCUT2D eigenvalue weighted by Crippen LogP contribution is 2.24. The second-order valence-electron chi connectivity index (χ2n) is 6.71. The van der Waals surface area contributed by atoms with Crippen molar-refractivity contribution in [2.75, 3.05) is 5.75 Å². The van der Waals surface area contributed by atoms with Gasteiger partial charge in [-0.15, -0.1) is 0 Å². The Morgan fingerprint density at radius 2 is 2.07 bits per heavy atom. The van der Waals surface area contributed by atoms with Crippen LogP contribution in [0.3, 0.4) is 0 Å². The van der Waals surface area contributed by atoms with Crippen LogP contribution >= 0.6 is 23.4 Å². The van der Waals surface area contributed by atoms with Crippen molar-refractivity contribution in [1.82, 2.24) is 24.3 Å². The highest BCUT2D eigenvalue weighted by Gasteiger charge is 2.12. The number of hydrogen-bond acceptors (Lipinski definition) is 4. The summed E-state index contributed by atoms with van der Waals surface area (Å²) in [6, 6.07) is 9.81. The molecule has 0 saturated heterocycles. The maximum Gasteiger partial charge on any atom is 0.230 e. The van der Waals surface area contributed by atoms with E-state index in [4.69, 9.17) is 11.6 Å². The van der Waals surface area contributed by atoms with Crippen molar-refractivity contribution >= 4 is 34.9 Å². The van der Waals surface area contributed by atoms with Crippen LogP contribution < -0.4 is 5.32 Å². The van der Waals surface area contributed by atoms with Crippen LogP contribution in [0.5, 0.6) is 0 Å². The molecule has 1 aromatic carbocycles. The molecule has 4 rings (SSSR count). The number of amides is 1. The quantitative estimate of drug-likeness (QED) is 0.470. The summed E-state index contributed by atoms with van der Waals surface area (Å²) in [6.45, 7) is 4.54. The molecule has 1 amide bonds. The zero-order valence-corrected chi connectivity index (χ0v) is 17.7. The molecule has 3 aromatic heterocycles. The number of pyridine rings is 1. The number of rotatable bonds is 6. The van der Waals surface area contributed by atoms with Gasteiger partial charge in [-0.05, 0) is 43.2 Å². The van der Waals surface area contributed by atoms with Crippen LogP contribution in [0.1, 0.15) is 16.8 Å². The Morgan fingerprint density at radius 3 is 2.93 bits per heavy atom. The van der Waals surface area contributed by atoms with Crippen LogP contribution in [0, 0.1) is 13.8 Å². The largest absolute Gasteiger partial charge is 0.350 e. The number of hydrogen-bond donors (Lipinski definition) is 1. The predicted octanol–water partition coefficient (Wildman–Crippen LogP) is 4.20. The van der Waals surface area contributed by atoms with Gasteiger partial charge < -0.3 is 9.72 Å². The Bertz CT molecular complexity index is 1180. The first-order valence-electron chi connectivity index (χ1n) is 9.14. The maximum absolute atomic E-state index is 12.3. The summed E-state index contributed by atoms with van der Waals surface area (Å²) in [6.07, 6.45) is 7.33. The van der Waals surface area contributed by atoms with Crippen molar-refractivity contribution in [3.8, 4) is 5.69 Å². The molecular weight excluding hydrogens is 406 g/mol. The van der Waals surface area contributed by atoms with Crippen molar-refractivity contribution in [2.24, 2.45) is 0 Å². The van der Waals surface area contributed by atoms with Crippen LogP contribution in [0.2, 0.25) is 5.02 Å². The fourth-order valence-corrected chi connectivity index (χ4v) is 4.01. The highest BCUT2D eigenvalue weighted by molar-refractivity contribution is 7.99. The smallest absolute Gasteiger partial charge is 0.230 e. The van der Waals surface area contributed by atoms with Crippen molar-refractivity contribution in [3.05, 3.63) is 77.0 Å². The molecule has 0 atom stereocenters. The van der Waals surface area contributed by atoms with Crippen molar-refractivity contribution in [2.45, 2.75) is 25.5 Å². The number of carbonyl (C=O) groups is 1. The molecule has 0 aliphatic rings. The molecule has 0 aliphatic carbocycles. The fourth-order valence-electron chi connectivity index (χ4n) is 3.05. The van der Waals surface area contributed by atoms with Crippen LogP contribution in [0.15, 0.2) is 60.3 Å². The predicted molar refractivity (Wildman–Crippen MR) is 116 cm³/mol. The van der Waals surface area contributed by atoms with E-state index in [2.05, 4.69) is 41.3 Å². The second-order valence-corrected chi connectivity index (χ2v) is 8.09. The minimum atomic E-state index is -0.0689. The van der Waals surface area contributed by atoms with Crippen molar-refractivity contribution in [1.29, 1.82) is 0 Å². The van der Waals surface area contributed by atoms with E-state index in [1.54, 1.807) is 18.5 Å². The SMILES string of the molecule is Cc1cccc(-n2ccnc2SCC(=O)NCc2cn3cc(Cl)ccc3n2)c1C. The molecule has 8 heteroatoms. The molecule has 0 unspecified atom stereocenters. The van der Waals surface area contributed by atoms with Gasteiger partial charge >= 0.3 is 0 Å². The zero-order chi connectivity index (χ0) is 20.4. The van der Waals surface area contributed by atoms with Crippen LogP contribution in [0.25, 0.3) is 11.3 Å². The van der Waals surface area contributed by atoms with E-state index < -0.39 is 0 Å². The van der Waals surface area contributed by atoms with Gasteiger partial charge in [-0.25, -0.2) is 9.97 Å². The molecule has 0 spiro atoms. The van der Waals surface area contributed by atoms with Gasteiger partial charge in [0.15, 0.2) is 5.16 Å². The molecule has 0 radical (unpaired) electrons. The number of aryl methyl sites for hydroxylation is 1. The van der Waals surface area contributed by atoms with Gasteiger partial charge in [0.05, 0.1) is 28.7 Å². The number of aromatic nitrogens is 4. The summed E-state index contributed by atoms with van der Waals surface area (Å²) in [5.74, 6) is 0.210. The summed E-state index contributed by atoms with van der Waals surface area (Å²) in [7, 11) is 0. The van der Waals surface area contributed by atoms with Gasteiger partial charge in [0.1, 0.15) is 5.65 Å². The van der Waals surface area contributed by atoms with Gasteiger partial charge in [-0.2, -0.15) is 0 Å². The van der Waals surface area contributed by atoms with Crippen molar-refractivity contribution < 1.29 is 4.79 Å². The number of halogens is 1. The lowest BCUT2D eigenvalue weighted by molar-refractivity contribution is -0.118. The van der Waals surface area contributed by atoms with E-state index >= 15 is 0 Å². The van der Waals surface area contributed by atoms with Gasteiger partial charge in [0, 0.05) is 24.8 Å². The van der Waals surface area contributed by atoms with Crippen LogP contribution in [0.4, 0.5) is 0 Å². The molecule has 148 valence electrons. The Labute approximate surface area is 177 Å². The zero-order valence-electron chi connectivity index (χ0n) is 16.1. The average Bonchev–Trinajstić information content (AvgIpc) is 3.33. The molecule has 29 heavy (non-hydrogen) atoms. The molecule has 0 saturated carbocycles. The lowest BCUT2D eigenvalue weighted by Gasteiger charge is -2.12. The minimum absolute atomic E-state index is 0.0689. The number of imidazole rings is 2. The Balaban J connectivity index is 1.38. The average molecular weight is 426 g/mol. The third-order valence-corrected chi connectivity index (χ3v) is 5.90. The second kappa shape index (κ2) is 8.31. The topological polar surface area (TPSA) is 64.2 Å². The van der Waals surface area contributed by atoms with E-state index in [1.807, 2.05) is 33.5 Å².